The van der Waals surface area contributed by atoms with Gasteiger partial charge in [0, 0.05) is 36.1 Å². The lowest BCUT2D eigenvalue weighted by Gasteiger charge is -2.13. The van der Waals surface area contributed by atoms with E-state index in [0.717, 1.165) is 11.1 Å². The molecule has 1 unspecified atom stereocenters. The Kier molecular flexibility index (Phi) is 4.70. The Bertz CT molecular complexity index is 490. The Morgan fingerprint density at radius 3 is 2.78 bits per heavy atom. The number of rotatable bonds is 5. The Hall–Kier alpha value is -1.42. The van der Waals surface area contributed by atoms with Gasteiger partial charge < -0.3 is 10.4 Å². The predicted molar refractivity (Wildman–Crippen MR) is 72.4 cm³/mol. The topological polar surface area (TPSA) is 45.1 Å². The van der Waals surface area contributed by atoms with Gasteiger partial charge in [-0.05, 0) is 17.7 Å². The molecule has 1 aromatic carbocycles. The van der Waals surface area contributed by atoms with E-state index in [4.69, 9.17) is 11.6 Å². The van der Waals surface area contributed by atoms with Crippen LogP contribution in [-0.2, 0) is 6.54 Å². The summed E-state index contributed by atoms with van der Waals surface area (Å²) in [6.45, 7) is 1.13. The zero-order valence-electron chi connectivity index (χ0n) is 9.88. The number of nitrogens with zero attached hydrogens (tertiary/aromatic N) is 1. The van der Waals surface area contributed by atoms with E-state index < -0.39 is 6.10 Å². The number of hydrogen-bond donors (Lipinski definition) is 2. The number of benzene rings is 1. The Morgan fingerprint density at radius 1 is 1.22 bits per heavy atom. The van der Waals surface area contributed by atoms with Crippen molar-refractivity contribution in [3.63, 3.8) is 0 Å². The van der Waals surface area contributed by atoms with Gasteiger partial charge >= 0.3 is 0 Å². The number of pyridine rings is 1. The first-order valence-corrected chi connectivity index (χ1v) is 6.17. The molecule has 0 aliphatic carbocycles. The van der Waals surface area contributed by atoms with Crippen molar-refractivity contribution in [2.45, 2.75) is 12.6 Å². The molecule has 0 fully saturated rings. The van der Waals surface area contributed by atoms with Crippen molar-refractivity contribution in [3.05, 3.63) is 64.9 Å². The smallest absolute Gasteiger partial charge is 0.0928 e. The first-order chi connectivity index (χ1) is 8.77. The first kappa shape index (κ1) is 13.0. The summed E-state index contributed by atoms with van der Waals surface area (Å²) in [6, 6.07) is 11.2. The van der Waals surface area contributed by atoms with E-state index in [1.165, 1.54) is 0 Å². The number of aromatic nitrogens is 1. The minimum absolute atomic E-state index is 0.457. The number of hydrogen-bond acceptors (Lipinski definition) is 3. The van der Waals surface area contributed by atoms with E-state index >= 15 is 0 Å². The highest BCUT2D eigenvalue weighted by atomic mass is 35.5. The van der Waals surface area contributed by atoms with Gasteiger partial charge in [0.2, 0.25) is 0 Å². The molecule has 0 aliphatic rings. The summed E-state index contributed by atoms with van der Waals surface area (Å²) in [6.07, 6.45) is 2.94. The van der Waals surface area contributed by atoms with E-state index in [1.807, 2.05) is 30.3 Å². The summed E-state index contributed by atoms with van der Waals surface area (Å²) >= 11 is 6.02. The number of halogens is 1. The molecule has 0 saturated heterocycles. The molecular weight excluding hydrogens is 248 g/mol. The summed E-state index contributed by atoms with van der Waals surface area (Å²) < 4.78 is 0. The molecule has 1 heterocycles. The van der Waals surface area contributed by atoms with Gasteiger partial charge in [0.25, 0.3) is 0 Å². The van der Waals surface area contributed by atoms with Gasteiger partial charge in [-0.2, -0.15) is 0 Å². The van der Waals surface area contributed by atoms with Gasteiger partial charge in [-0.3, -0.25) is 4.98 Å². The van der Waals surface area contributed by atoms with Crippen LogP contribution in [0.4, 0.5) is 0 Å². The zero-order chi connectivity index (χ0) is 12.8. The fourth-order valence-corrected chi connectivity index (χ4v) is 1.97. The lowest BCUT2D eigenvalue weighted by molar-refractivity contribution is 0.174. The highest BCUT2D eigenvalue weighted by molar-refractivity contribution is 6.31. The number of nitrogens with one attached hydrogen (secondary N) is 1. The van der Waals surface area contributed by atoms with Crippen molar-refractivity contribution in [1.29, 1.82) is 0 Å². The normalized spacial score (nSPS) is 12.3. The van der Waals surface area contributed by atoms with Crippen molar-refractivity contribution >= 4 is 11.6 Å². The van der Waals surface area contributed by atoms with E-state index in [9.17, 15) is 5.11 Å². The van der Waals surface area contributed by atoms with Crippen LogP contribution < -0.4 is 5.32 Å². The first-order valence-electron chi connectivity index (χ1n) is 5.79. The minimum Gasteiger partial charge on any atom is -0.387 e. The molecule has 0 amide bonds. The molecule has 2 aromatic rings. The maximum atomic E-state index is 10.0. The van der Waals surface area contributed by atoms with Gasteiger partial charge in [0.1, 0.15) is 0 Å². The predicted octanol–water partition coefficient (Wildman–Crippen LogP) is 2.56. The molecule has 4 heteroatoms. The second-order valence-corrected chi connectivity index (χ2v) is 4.44. The molecular formula is C14H15ClN2O. The Balaban J connectivity index is 1.86. The minimum atomic E-state index is -0.602. The molecule has 0 spiro atoms. The standard InChI is InChI=1S/C14H15ClN2O/c15-13-6-2-1-5-12(13)14(18)10-17-9-11-4-3-7-16-8-11/h1-8,14,17-18H,9-10H2. The van der Waals surface area contributed by atoms with Crippen molar-refractivity contribution in [2.75, 3.05) is 6.54 Å². The third kappa shape index (κ3) is 3.53. The highest BCUT2D eigenvalue weighted by Crippen LogP contribution is 2.21. The maximum Gasteiger partial charge on any atom is 0.0928 e. The van der Waals surface area contributed by atoms with Crippen molar-refractivity contribution < 1.29 is 5.11 Å². The second-order valence-electron chi connectivity index (χ2n) is 4.03. The largest absolute Gasteiger partial charge is 0.387 e. The van der Waals surface area contributed by atoms with Crippen LogP contribution in [0.3, 0.4) is 0 Å². The van der Waals surface area contributed by atoms with Gasteiger partial charge in [0.05, 0.1) is 6.10 Å². The highest BCUT2D eigenvalue weighted by Gasteiger charge is 2.10. The Labute approximate surface area is 111 Å². The molecule has 94 valence electrons. The maximum absolute atomic E-state index is 10.0. The average Bonchev–Trinajstić information content (AvgIpc) is 2.40. The van der Waals surface area contributed by atoms with E-state index in [-0.39, 0.29) is 0 Å². The van der Waals surface area contributed by atoms with Crippen LogP contribution in [0.1, 0.15) is 17.2 Å². The summed E-state index contributed by atoms with van der Waals surface area (Å²) in [7, 11) is 0. The van der Waals surface area contributed by atoms with Crippen LogP contribution in [0, 0.1) is 0 Å². The molecule has 18 heavy (non-hydrogen) atoms. The van der Waals surface area contributed by atoms with E-state index in [1.54, 1.807) is 18.5 Å². The number of aliphatic hydroxyl groups excluding tert-OH is 1. The van der Waals surface area contributed by atoms with E-state index in [2.05, 4.69) is 10.3 Å². The van der Waals surface area contributed by atoms with Crippen molar-refractivity contribution in [1.82, 2.24) is 10.3 Å². The molecule has 0 bridgehead atoms. The molecule has 0 radical (unpaired) electrons. The molecule has 1 atom stereocenters. The average molecular weight is 263 g/mol. The zero-order valence-corrected chi connectivity index (χ0v) is 10.6. The molecule has 3 nitrogen and oxygen atoms in total. The van der Waals surface area contributed by atoms with Crippen LogP contribution in [-0.4, -0.2) is 16.6 Å². The summed E-state index contributed by atoms with van der Waals surface area (Å²) in [5.74, 6) is 0. The monoisotopic (exact) mass is 262 g/mol. The lowest BCUT2D eigenvalue weighted by Crippen LogP contribution is -2.21. The molecule has 1 aromatic heterocycles. The van der Waals surface area contributed by atoms with Crippen LogP contribution in [0.15, 0.2) is 48.8 Å². The van der Waals surface area contributed by atoms with Crippen LogP contribution in [0.25, 0.3) is 0 Å². The third-order valence-electron chi connectivity index (χ3n) is 2.65. The molecule has 2 rings (SSSR count). The summed E-state index contributed by atoms with van der Waals surface area (Å²) in [5.41, 5.74) is 1.83. The molecule has 0 saturated carbocycles. The quantitative estimate of drug-likeness (QED) is 0.871. The van der Waals surface area contributed by atoms with Crippen molar-refractivity contribution in [3.8, 4) is 0 Å². The van der Waals surface area contributed by atoms with Gasteiger partial charge in [0.15, 0.2) is 0 Å². The summed E-state index contributed by atoms with van der Waals surface area (Å²) in [5, 5.41) is 13.8. The van der Waals surface area contributed by atoms with Crippen LogP contribution in [0.2, 0.25) is 5.02 Å². The van der Waals surface area contributed by atoms with E-state index in [0.29, 0.717) is 18.1 Å². The Morgan fingerprint density at radius 2 is 2.06 bits per heavy atom. The van der Waals surface area contributed by atoms with Crippen molar-refractivity contribution in [2.24, 2.45) is 0 Å². The van der Waals surface area contributed by atoms with Gasteiger partial charge in [-0.25, -0.2) is 0 Å². The lowest BCUT2D eigenvalue weighted by atomic mass is 10.1. The third-order valence-corrected chi connectivity index (χ3v) is 3.00. The fraction of sp³-hybridized carbons (Fsp3) is 0.214. The fourth-order valence-electron chi connectivity index (χ4n) is 1.71. The van der Waals surface area contributed by atoms with Gasteiger partial charge in [-0.1, -0.05) is 35.9 Å². The molecule has 0 aliphatic heterocycles. The second kappa shape index (κ2) is 6.50. The SMILES string of the molecule is OC(CNCc1cccnc1)c1ccccc1Cl. The molecule has 2 N–H and O–H groups in total. The van der Waals surface area contributed by atoms with Gasteiger partial charge in [-0.15, -0.1) is 0 Å². The number of aliphatic hydroxyl groups is 1. The van der Waals surface area contributed by atoms with Crippen LogP contribution in [0.5, 0.6) is 0 Å². The van der Waals surface area contributed by atoms with Crippen LogP contribution >= 0.6 is 11.6 Å². The summed E-state index contributed by atoms with van der Waals surface area (Å²) in [4.78, 5) is 4.03.